The molecule has 0 radical (unpaired) electrons. The minimum absolute atomic E-state index is 0.833. The van der Waals surface area contributed by atoms with Crippen LogP contribution in [0.4, 0.5) is 0 Å². The van der Waals surface area contributed by atoms with E-state index >= 15 is 0 Å². The van der Waals surface area contributed by atoms with Crippen LogP contribution < -0.4 is 4.74 Å². The monoisotopic (exact) mass is 334 g/mol. The van der Waals surface area contributed by atoms with Crippen molar-refractivity contribution in [3.8, 4) is 17.6 Å². The van der Waals surface area contributed by atoms with Crippen LogP contribution in [0.3, 0.4) is 0 Å². The molecule has 2 aromatic rings. The Morgan fingerprint density at radius 1 is 1.00 bits per heavy atom. The second-order valence-corrected chi connectivity index (χ2v) is 4.62. The first-order valence-electron chi connectivity index (χ1n) is 5.20. The molecular weight excluding hydrogens is 323 g/mol. The fourth-order valence-corrected chi connectivity index (χ4v) is 1.93. The van der Waals surface area contributed by atoms with Gasteiger partial charge in [0, 0.05) is 14.7 Å². The first-order chi connectivity index (χ1) is 8.29. The van der Waals surface area contributed by atoms with Gasteiger partial charge in [0.25, 0.3) is 0 Å². The van der Waals surface area contributed by atoms with E-state index in [2.05, 4.69) is 40.5 Å². The van der Waals surface area contributed by atoms with Crippen LogP contribution in [-0.4, -0.2) is 7.11 Å². The maximum absolute atomic E-state index is 5.16. The van der Waals surface area contributed by atoms with E-state index in [1.54, 1.807) is 7.11 Å². The molecule has 0 fully saturated rings. The highest BCUT2D eigenvalue weighted by molar-refractivity contribution is 14.1. The fraction of sp³-hybridized carbons (Fsp3) is 0.0667. The number of rotatable bonds is 1. The molecule has 0 spiro atoms. The summed E-state index contributed by atoms with van der Waals surface area (Å²) in [5.74, 6) is 7.14. The normalized spacial score (nSPS) is 9.29. The SMILES string of the molecule is COc1cccc(C#Cc2ccccc2I)c1. The Balaban J connectivity index is 2.30. The highest BCUT2D eigenvalue weighted by Gasteiger charge is 1.94. The quantitative estimate of drug-likeness (QED) is 0.571. The lowest BCUT2D eigenvalue weighted by atomic mass is 10.2. The Morgan fingerprint density at radius 3 is 2.59 bits per heavy atom. The molecule has 17 heavy (non-hydrogen) atoms. The molecule has 0 aliphatic heterocycles. The number of benzene rings is 2. The zero-order valence-corrected chi connectivity index (χ0v) is 11.6. The maximum Gasteiger partial charge on any atom is 0.120 e. The van der Waals surface area contributed by atoms with Gasteiger partial charge < -0.3 is 4.74 Å². The van der Waals surface area contributed by atoms with Crippen molar-refractivity contribution >= 4 is 22.6 Å². The zero-order chi connectivity index (χ0) is 12.1. The van der Waals surface area contributed by atoms with E-state index < -0.39 is 0 Å². The van der Waals surface area contributed by atoms with Crippen LogP contribution in [0.1, 0.15) is 11.1 Å². The van der Waals surface area contributed by atoms with Crippen molar-refractivity contribution in [2.75, 3.05) is 7.11 Å². The average molecular weight is 334 g/mol. The van der Waals surface area contributed by atoms with E-state index in [1.165, 1.54) is 3.57 Å². The Kier molecular flexibility index (Phi) is 4.05. The van der Waals surface area contributed by atoms with Gasteiger partial charge in [0.05, 0.1) is 7.11 Å². The summed E-state index contributed by atoms with van der Waals surface area (Å²) in [6, 6.07) is 15.9. The van der Waals surface area contributed by atoms with Crippen LogP contribution >= 0.6 is 22.6 Å². The summed E-state index contributed by atoms with van der Waals surface area (Å²) in [6.07, 6.45) is 0. The molecule has 84 valence electrons. The fourth-order valence-electron chi connectivity index (χ4n) is 1.40. The third kappa shape index (κ3) is 3.24. The molecule has 0 amide bonds. The standard InChI is InChI=1S/C15H11IO/c1-17-14-7-4-5-12(11-14)9-10-13-6-2-3-8-15(13)16/h2-8,11H,1H3. The van der Waals surface area contributed by atoms with Crippen LogP contribution in [0.15, 0.2) is 48.5 Å². The molecule has 0 aliphatic rings. The number of hydrogen-bond acceptors (Lipinski definition) is 1. The molecule has 0 saturated carbocycles. The summed E-state index contributed by atoms with van der Waals surface area (Å²) in [6.45, 7) is 0. The van der Waals surface area contributed by atoms with Crippen molar-refractivity contribution < 1.29 is 4.74 Å². The molecule has 0 heterocycles. The molecule has 0 bridgehead atoms. The van der Waals surface area contributed by atoms with Gasteiger partial charge in [-0.2, -0.15) is 0 Å². The van der Waals surface area contributed by atoms with Crippen molar-refractivity contribution in [1.82, 2.24) is 0 Å². The summed E-state index contributed by atoms with van der Waals surface area (Å²) < 4.78 is 6.33. The first kappa shape index (κ1) is 12.0. The van der Waals surface area contributed by atoms with E-state index in [0.717, 1.165) is 16.9 Å². The van der Waals surface area contributed by atoms with Crippen LogP contribution in [0.2, 0.25) is 0 Å². The lowest BCUT2D eigenvalue weighted by molar-refractivity contribution is 0.414. The highest BCUT2D eigenvalue weighted by atomic mass is 127. The molecule has 0 unspecified atom stereocenters. The molecule has 0 aliphatic carbocycles. The van der Waals surface area contributed by atoms with Gasteiger partial charge in [-0.25, -0.2) is 0 Å². The number of ether oxygens (including phenoxy) is 1. The predicted octanol–water partition coefficient (Wildman–Crippen LogP) is 3.70. The van der Waals surface area contributed by atoms with Crippen LogP contribution in [-0.2, 0) is 0 Å². The van der Waals surface area contributed by atoms with E-state index in [0.29, 0.717) is 0 Å². The van der Waals surface area contributed by atoms with E-state index in [1.807, 2.05) is 42.5 Å². The molecule has 1 nitrogen and oxygen atoms in total. The maximum atomic E-state index is 5.16. The Morgan fingerprint density at radius 2 is 1.82 bits per heavy atom. The van der Waals surface area contributed by atoms with E-state index in [-0.39, 0.29) is 0 Å². The molecule has 0 aromatic heterocycles. The minimum Gasteiger partial charge on any atom is -0.497 e. The summed E-state index contributed by atoms with van der Waals surface area (Å²) >= 11 is 2.29. The van der Waals surface area contributed by atoms with Gasteiger partial charge in [-0.3, -0.25) is 0 Å². The van der Waals surface area contributed by atoms with Gasteiger partial charge in [-0.15, -0.1) is 0 Å². The van der Waals surface area contributed by atoms with Crippen molar-refractivity contribution in [1.29, 1.82) is 0 Å². The van der Waals surface area contributed by atoms with Gasteiger partial charge in [0.1, 0.15) is 5.75 Å². The lowest BCUT2D eigenvalue weighted by Gasteiger charge is -1.98. The van der Waals surface area contributed by atoms with E-state index in [9.17, 15) is 0 Å². The smallest absolute Gasteiger partial charge is 0.120 e. The minimum atomic E-state index is 0.833. The van der Waals surface area contributed by atoms with Gasteiger partial charge in [-0.05, 0) is 52.9 Å². The summed E-state index contributed by atoms with van der Waals surface area (Å²) in [5, 5.41) is 0. The van der Waals surface area contributed by atoms with Crippen molar-refractivity contribution in [2.24, 2.45) is 0 Å². The highest BCUT2D eigenvalue weighted by Crippen LogP contribution is 2.13. The number of methoxy groups -OCH3 is 1. The topological polar surface area (TPSA) is 9.23 Å². The van der Waals surface area contributed by atoms with Crippen LogP contribution in [0.25, 0.3) is 0 Å². The largest absolute Gasteiger partial charge is 0.497 e. The third-order valence-corrected chi connectivity index (χ3v) is 3.23. The first-order valence-corrected chi connectivity index (χ1v) is 6.28. The second kappa shape index (κ2) is 5.74. The Bertz CT molecular complexity index is 579. The molecule has 2 heteroatoms. The predicted molar refractivity (Wildman–Crippen MR) is 78.1 cm³/mol. The van der Waals surface area contributed by atoms with Crippen molar-refractivity contribution in [2.45, 2.75) is 0 Å². The average Bonchev–Trinajstić information content (AvgIpc) is 2.38. The lowest BCUT2D eigenvalue weighted by Crippen LogP contribution is -1.83. The number of hydrogen-bond donors (Lipinski definition) is 0. The van der Waals surface area contributed by atoms with Crippen molar-refractivity contribution in [3.05, 3.63) is 63.2 Å². The van der Waals surface area contributed by atoms with Gasteiger partial charge in [-0.1, -0.05) is 30.0 Å². The Hall–Kier alpha value is -1.47. The molecule has 2 rings (SSSR count). The van der Waals surface area contributed by atoms with Crippen molar-refractivity contribution in [3.63, 3.8) is 0 Å². The van der Waals surface area contributed by atoms with Crippen LogP contribution in [0.5, 0.6) is 5.75 Å². The number of halogens is 1. The third-order valence-electron chi connectivity index (χ3n) is 2.29. The van der Waals surface area contributed by atoms with Gasteiger partial charge >= 0.3 is 0 Å². The molecule has 2 aromatic carbocycles. The zero-order valence-electron chi connectivity index (χ0n) is 9.41. The molecule has 0 saturated heterocycles. The van der Waals surface area contributed by atoms with Crippen LogP contribution in [0, 0.1) is 15.4 Å². The summed E-state index contributed by atoms with van der Waals surface area (Å²) in [4.78, 5) is 0. The second-order valence-electron chi connectivity index (χ2n) is 3.46. The summed E-state index contributed by atoms with van der Waals surface area (Å²) in [5.41, 5.74) is 2.01. The van der Waals surface area contributed by atoms with E-state index in [4.69, 9.17) is 4.74 Å². The molecule has 0 N–H and O–H groups in total. The molecular formula is C15H11IO. The Labute approximate surface area is 115 Å². The van der Waals surface area contributed by atoms with Gasteiger partial charge in [0.2, 0.25) is 0 Å². The molecule has 0 atom stereocenters. The van der Waals surface area contributed by atoms with Gasteiger partial charge in [0.15, 0.2) is 0 Å². The summed E-state index contributed by atoms with van der Waals surface area (Å²) in [7, 11) is 1.66.